The molecule has 0 aliphatic carbocycles. The van der Waals surface area contributed by atoms with Gasteiger partial charge in [0.1, 0.15) is 5.82 Å². The zero-order valence-corrected chi connectivity index (χ0v) is 19.2. The Morgan fingerprint density at radius 1 is 0.667 bits per heavy atom. The summed E-state index contributed by atoms with van der Waals surface area (Å²) in [4.78, 5) is 0. The molecule has 4 rings (SSSR count). The minimum absolute atomic E-state index is 0.746. The van der Waals surface area contributed by atoms with E-state index in [4.69, 9.17) is 23.2 Å². The molecule has 0 saturated carbocycles. The highest BCUT2D eigenvalue weighted by Gasteiger charge is 2.14. The molecular weight excluding hydrogens is 453 g/mol. The van der Waals surface area contributed by atoms with Crippen LogP contribution in [0.15, 0.2) is 84.0 Å². The molecule has 0 aliphatic rings. The van der Waals surface area contributed by atoms with E-state index in [1.54, 1.807) is 11.8 Å². The van der Waals surface area contributed by atoms with Gasteiger partial charge in [0.05, 0.1) is 5.75 Å². The molecule has 0 unspecified atom stereocenters. The van der Waals surface area contributed by atoms with Crippen LogP contribution in [0.5, 0.6) is 0 Å². The first-order valence-corrected chi connectivity index (χ1v) is 12.3. The van der Waals surface area contributed by atoms with Gasteiger partial charge in [0, 0.05) is 27.2 Å². The van der Waals surface area contributed by atoms with Crippen LogP contribution in [-0.2, 0) is 17.3 Å². The van der Waals surface area contributed by atoms with Crippen molar-refractivity contribution in [2.75, 3.05) is 0 Å². The Labute approximate surface area is 194 Å². The zero-order valence-electron chi connectivity index (χ0n) is 16.0. The third-order valence-electron chi connectivity index (χ3n) is 4.41. The van der Waals surface area contributed by atoms with Crippen molar-refractivity contribution in [1.82, 2.24) is 14.8 Å². The second kappa shape index (κ2) is 10.4. The predicted molar refractivity (Wildman–Crippen MR) is 129 cm³/mol. The van der Waals surface area contributed by atoms with Crippen LogP contribution in [0.2, 0.25) is 10.0 Å². The van der Waals surface area contributed by atoms with Crippen molar-refractivity contribution in [2.24, 2.45) is 0 Å². The van der Waals surface area contributed by atoms with Crippen LogP contribution in [0.25, 0.3) is 5.69 Å². The summed E-state index contributed by atoms with van der Waals surface area (Å²) in [6, 6.07) is 26.1. The maximum atomic E-state index is 6.00. The first kappa shape index (κ1) is 21.3. The number of benzene rings is 3. The molecule has 3 aromatic carbocycles. The third kappa shape index (κ3) is 5.61. The molecule has 7 heteroatoms. The quantitative estimate of drug-likeness (QED) is 0.252. The van der Waals surface area contributed by atoms with Crippen LogP contribution >= 0.6 is 46.7 Å². The van der Waals surface area contributed by atoms with Gasteiger partial charge in [-0.05, 0) is 47.5 Å². The lowest BCUT2D eigenvalue weighted by atomic mass is 10.2. The number of thioether (sulfide) groups is 2. The summed E-state index contributed by atoms with van der Waals surface area (Å²) in [5.41, 5.74) is 3.52. The molecule has 1 heterocycles. The zero-order chi connectivity index (χ0) is 20.8. The third-order valence-corrected chi connectivity index (χ3v) is 6.91. The van der Waals surface area contributed by atoms with Crippen LogP contribution in [0.3, 0.4) is 0 Å². The molecule has 0 amide bonds. The summed E-state index contributed by atoms with van der Waals surface area (Å²) in [5.74, 6) is 3.41. The molecule has 4 aromatic rings. The largest absolute Gasteiger partial charge is 0.273 e. The minimum Gasteiger partial charge on any atom is -0.273 e. The van der Waals surface area contributed by atoms with E-state index in [0.717, 1.165) is 44.0 Å². The fourth-order valence-corrected chi connectivity index (χ4v) is 4.97. The average Bonchev–Trinajstić information content (AvgIpc) is 3.18. The summed E-state index contributed by atoms with van der Waals surface area (Å²) in [6.45, 7) is 0. The molecule has 0 fully saturated rings. The van der Waals surface area contributed by atoms with Gasteiger partial charge in [-0.3, -0.25) is 4.57 Å². The van der Waals surface area contributed by atoms with Gasteiger partial charge in [0.15, 0.2) is 5.16 Å². The number of hydrogen-bond donors (Lipinski definition) is 0. The molecule has 0 radical (unpaired) electrons. The van der Waals surface area contributed by atoms with E-state index >= 15 is 0 Å². The number of nitrogens with zero attached hydrogens (tertiary/aromatic N) is 3. The molecule has 30 heavy (non-hydrogen) atoms. The normalized spacial score (nSPS) is 11.0. The molecule has 0 aliphatic heterocycles. The van der Waals surface area contributed by atoms with Gasteiger partial charge in [-0.2, -0.15) is 0 Å². The van der Waals surface area contributed by atoms with Crippen LogP contribution in [-0.4, -0.2) is 14.8 Å². The Hall–Kier alpha value is -1.92. The summed E-state index contributed by atoms with van der Waals surface area (Å²) in [6.07, 6.45) is 0. The first-order chi connectivity index (χ1) is 14.7. The topological polar surface area (TPSA) is 30.7 Å². The van der Waals surface area contributed by atoms with Gasteiger partial charge in [-0.15, -0.1) is 22.0 Å². The van der Waals surface area contributed by atoms with Gasteiger partial charge >= 0.3 is 0 Å². The van der Waals surface area contributed by atoms with E-state index in [1.807, 2.05) is 66.4 Å². The Bertz CT molecular complexity index is 1080. The fourth-order valence-electron chi connectivity index (χ4n) is 2.89. The number of para-hydroxylation sites is 1. The average molecular weight is 472 g/mol. The monoisotopic (exact) mass is 471 g/mol. The molecule has 0 saturated heterocycles. The van der Waals surface area contributed by atoms with Crippen LogP contribution in [0.4, 0.5) is 0 Å². The Kier molecular flexibility index (Phi) is 7.39. The highest BCUT2D eigenvalue weighted by molar-refractivity contribution is 7.98. The van der Waals surface area contributed by atoms with Crippen LogP contribution in [0, 0.1) is 0 Å². The van der Waals surface area contributed by atoms with Crippen molar-refractivity contribution < 1.29 is 0 Å². The predicted octanol–water partition coefficient (Wildman–Crippen LogP) is 7.30. The summed E-state index contributed by atoms with van der Waals surface area (Å²) >= 11 is 15.5. The summed E-state index contributed by atoms with van der Waals surface area (Å²) in [5, 5.41) is 11.4. The Balaban J connectivity index is 1.49. The lowest BCUT2D eigenvalue weighted by Gasteiger charge is -2.10. The summed E-state index contributed by atoms with van der Waals surface area (Å²) < 4.78 is 2.15. The van der Waals surface area contributed by atoms with E-state index in [2.05, 4.69) is 39.0 Å². The van der Waals surface area contributed by atoms with Crippen molar-refractivity contribution in [2.45, 2.75) is 22.4 Å². The van der Waals surface area contributed by atoms with Gasteiger partial charge in [0.2, 0.25) is 0 Å². The standard InChI is InChI=1S/C23H19Cl2N3S2/c24-19-10-6-17(7-11-19)14-29-16-22-26-27-23(28(22)21-4-2-1-3-5-21)30-15-18-8-12-20(25)13-9-18/h1-13H,14-16H2. The highest BCUT2D eigenvalue weighted by Crippen LogP contribution is 2.28. The number of aromatic nitrogens is 3. The van der Waals surface area contributed by atoms with Crippen molar-refractivity contribution in [3.8, 4) is 5.69 Å². The van der Waals surface area contributed by atoms with Crippen molar-refractivity contribution in [3.63, 3.8) is 0 Å². The summed E-state index contributed by atoms with van der Waals surface area (Å²) in [7, 11) is 0. The molecule has 0 atom stereocenters. The van der Waals surface area contributed by atoms with Crippen molar-refractivity contribution in [3.05, 3.63) is 106 Å². The molecular formula is C23H19Cl2N3S2. The molecule has 0 N–H and O–H groups in total. The minimum atomic E-state index is 0.746. The number of hydrogen-bond acceptors (Lipinski definition) is 4. The Morgan fingerprint density at radius 3 is 1.90 bits per heavy atom. The van der Waals surface area contributed by atoms with E-state index in [9.17, 15) is 0 Å². The maximum absolute atomic E-state index is 6.00. The highest BCUT2D eigenvalue weighted by atomic mass is 35.5. The van der Waals surface area contributed by atoms with Crippen molar-refractivity contribution >= 4 is 46.7 Å². The Morgan fingerprint density at radius 2 is 1.27 bits per heavy atom. The molecule has 0 bridgehead atoms. The van der Waals surface area contributed by atoms with E-state index in [1.165, 1.54) is 11.1 Å². The smallest absolute Gasteiger partial charge is 0.196 e. The first-order valence-electron chi connectivity index (χ1n) is 9.38. The van der Waals surface area contributed by atoms with E-state index in [0.29, 0.717) is 0 Å². The maximum Gasteiger partial charge on any atom is 0.196 e. The van der Waals surface area contributed by atoms with Crippen LogP contribution in [0.1, 0.15) is 17.0 Å². The fraction of sp³-hybridized carbons (Fsp3) is 0.130. The lowest BCUT2D eigenvalue weighted by molar-refractivity contribution is 0.864. The van der Waals surface area contributed by atoms with Crippen LogP contribution < -0.4 is 0 Å². The number of rotatable bonds is 8. The molecule has 0 spiro atoms. The second-order valence-electron chi connectivity index (χ2n) is 6.60. The molecule has 152 valence electrons. The second-order valence-corrected chi connectivity index (χ2v) is 9.41. The van der Waals surface area contributed by atoms with Gasteiger partial charge in [0.25, 0.3) is 0 Å². The van der Waals surface area contributed by atoms with Crippen molar-refractivity contribution in [1.29, 1.82) is 0 Å². The SMILES string of the molecule is Clc1ccc(CSCc2nnc(SCc3ccc(Cl)cc3)n2-c2ccccc2)cc1. The molecule has 1 aromatic heterocycles. The van der Waals surface area contributed by atoms with Gasteiger partial charge in [-0.25, -0.2) is 0 Å². The lowest BCUT2D eigenvalue weighted by Crippen LogP contribution is -2.02. The van der Waals surface area contributed by atoms with E-state index < -0.39 is 0 Å². The van der Waals surface area contributed by atoms with Gasteiger partial charge in [-0.1, -0.05) is 77.4 Å². The number of halogens is 2. The van der Waals surface area contributed by atoms with E-state index in [-0.39, 0.29) is 0 Å². The van der Waals surface area contributed by atoms with Gasteiger partial charge < -0.3 is 0 Å². The molecule has 3 nitrogen and oxygen atoms in total.